The average molecular weight is 265 g/mol. The summed E-state index contributed by atoms with van der Waals surface area (Å²) < 4.78 is 0. The number of carbonyl (C=O) groups excluding carboxylic acids is 1. The lowest BCUT2D eigenvalue weighted by Crippen LogP contribution is -2.40. The van der Waals surface area contributed by atoms with Crippen molar-refractivity contribution in [3.05, 3.63) is 23.8 Å². The molecule has 1 unspecified atom stereocenters. The summed E-state index contributed by atoms with van der Waals surface area (Å²) >= 11 is 0. The topological polar surface area (TPSA) is 78.6 Å². The Kier molecular flexibility index (Phi) is 4.78. The first-order chi connectivity index (χ1) is 8.76. The molecular formula is C14H23N3O2. The molecule has 0 fully saturated rings. The Balaban J connectivity index is 2.90. The second-order valence-electron chi connectivity index (χ2n) is 5.20. The fourth-order valence-corrected chi connectivity index (χ4v) is 1.62. The Hall–Kier alpha value is -1.75. The highest BCUT2D eigenvalue weighted by Gasteiger charge is 2.20. The molecule has 0 aliphatic heterocycles. The highest BCUT2D eigenvalue weighted by atomic mass is 16.3. The van der Waals surface area contributed by atoms with Crippen LogP contribution in [0.4, 0.5) is 11.4 Å². The molecule has 1 amide bonds. The molecule has 0 radical (unpaired) electrons. The van der Waals surface area contributed by atoms with Crippen molar-refractivity contribution in [3.8, 4) is 0 Å². The number of nitrogens with one attached hydrogen (secondary N) is 1. The van der Waals surface area contributed by atoms with Gasteiger partial charge in [-0.15, -0.1) is 0 Å². The minimum atomic E-state index is -0.895. The molecule has 0 aliphatic rings. The van der Waals surface area contributed by atoms with Gasteiger partial charge >= 0.3 is 0 Å². The molecule has 5 heteroatoms. The molecule has 5 nitrogen and oxygen atoms in total. The van der Waals surface area contributed by atoms with Crippen LogP contribution in [-0.4, -0.2) is 37.3 Å². The molecule has 1 atom stereocenters. The van der Waals surface area contributed by atoms with Crippen molar-refractivity contribution in [1.29, 1.82) is 0 Å². The second-order valence-corrected chi connectivity index (χ2v) is 5.20. The van der Waals surface area contributed by atoms with Gasteiger partial charge in [0, 0.05) is 32.0 Å². The fourth-order valence-electron chi connectivity index (χ4n) is 1.62. The van der Waals surface area contributed by atoms with E-state index in [9.17, 15) is 9.90 Å². The third-order valence-corrected chi connectivity index (χ3v) is 3.14. The lowest BCUT2D eigenvalue weighted by atomic mass is 10.0. The average Bonchev–Trinajstić information content (AvgIpc) is 2.35. The van der Waals surface area contributed by atoms with Crippen LogP contribution in [0.15, 0.2) is 18.2 Å². The van der Waals surface area contributed by atoms with Crippen LogP contribution < -0.4 is 16.0 Å². The number of hydrogen-bond acceptors (Lipinski definition) is 4. The molecule has 0 heterocycles. The maximum absolute atomic E-state index is 12.2. The number of carbonyl (C=O) groups is 1. The summed E-state index contributed by atoms with van der Waals surface area (Å²) in [6.07, 6.45) is 0.574. The summed E-state index contributed by atoms with van der Waals surface area (Å²) in [4.78, 5) is 14.0. The summed E-state index contributed by atoms with van der Waals surface area (Å²) in [6, 6.07) is 5.21. The predicted octanol–water partition coefficient (Wildman–Crippen LogP) is 1.23. The fraction of sp³-hybridized carbons (Fsp3) is 0.500. The number of aliphatic hydroxyl groups is 1. The van der Waals surface area contributed by atoms with E-state index in [2.05, 4.69) is 5.32 Å². The van der Waals surface area contributed by atoms with Gasteiger partial charge in [0.1, 0.15) is 0 Å². The monoisotopic (exact) mass is 265 g/mol. The summed E-state index contributed by atoms with van der Waals surface area (Å²) in [7, 11) is 3.73. The van der Waals surface area contributed by atoms with Gasteiger partial charge in [0.2, 0.25) is 0 Å². The maximum atomic E-state index is 12.2. The van der Waals surface area contributed by atoms with Gasteiger partial charge in [-0.05, 0) is 31.5 Å². The van der Waals surface area contributed by atoms with E-state index in [-0.39, 0.29) is 12.5 Å². The number of anilines is 2. The molecule has 1 aromatic rings. The first-order valence-electron chi connectivity index (χ1n) is 6.34. The van der Waals surface area contributed by atoms with Crippen molar-refractivity contribution in [3.63, 3.8) is 0 Å². The number of hydrogen-bond donors (Lipinski definition) is 3. The van der Waals surface area contributed by atoms with Crippen LogP contribution in [-0.2, 0) is 0 Å². The Morgan fingerprint density at radius 1 is 1.47 bits per heavy atom. The van der Waals surface area contributed by atoms with E-state index in [1.165, 1.54) is 0 Å². The van der Waals surface area contributed by atoms with Crippen molar-refractivity contribution < 1.29 is 9.90 Å². The quantitative estimate of drug-likeness (QED) is 0.700. The number of amides is 1. The second kappa shape index (κ2) is 5.93. The Labute approximate surface area is 114 Å². The smallest absolute Gasteiger partial charge is 0.253 e. The van der Waals surface area contributed by atoms with Gasteiger partial charge in [-0.3, -0.25) is 4.79 Å². The third-order valence-electron chi connectivity index (χ3n) is 3.14. The molecule has 19 heavy (non-hydrogen) atoms. The van der Waals surface area contributed by atoms with E-state index in [0.29, 0.717) is 17.7 Å². The van der Waals surface area contributed by atoms with Crippen molar-refractivity contribution in [2.24, 2.45) is 0 Å². The van der Waals surface area contributed by atoms with Gasteiger partial charge in [-0.25, -0.2) is 0 Å². The molecule has 106 valence electrons. The zero-order valence-electron chi connectivity index (χ0n) is 12.0. The maximum Gasteiger partial charge on any atom is 0.253 e. The van der Waals surface area contributed by atoms with Gasteiger partial charge in [-0.1, -0.05) is 6.92 Å². The van der Waals surface area contributed by atoms with Gasteiger partial charge < -0.3 is 21.1 Å². The first kappa shape index (κ1) is 15.3. The zero-order valence-corrected chi connectivity index (χ0v) is 12.0. The lowest BCUT2D eigenvalue weighted by Gasteiger charge is -2.23. The van der Waals surface area contributed by atoms with Crippen LogP contribution in [0, 0.1) is 0 Å². The van der Waals surface area contributed by atoms with Crippen molar-refractivity contribution in [2.75, 3.05) is 31.3 Å². The molecule has 0 saturated carbocycles. The van der Waals surface area contributed by atoms with E-state index >= 15 is 0 Å². The molecular weight excluding hydrogens is 242 g/mol. The van der Waals surface area contributed by atoms with Crippen LogP contribution in [0.2, 0.25) is 0 Å². The number of benzene rings is 1. The predicted molar refractivity (Wildman–Crippen MR) is 78.4 cm³/mol. The van der Waals surface area contributed by atoms with E-state index in [1.807, 2.05) is 32.0 Å². The van der Waals surface area contributed by atoms with Gasteiger partial charge in [0.05, 0.1) is 11.2 Å². The van der Waals surface area contributed by atoms with Crippen LogP contribution in [0.5, 0.6) is 0 Å². The summed E-state index contributed by atoms with van der Waals surface area (Å²) in [5.41, 5.74) is 6.68. The molecule has 0 aromatic heterocycles. The third kappa shape index (κ3) is 4.13. The number of nitrogen functional groups attached to an aromatic ring is 1. The largest absolute Gasteiger partial charge is 0.399 e. The Morgan fingerprint density at radius 3 is 2.63 bits per heavy atom. The zero-order chi connectivity index (χ0) is 14.6. The SMILES string of the molecule is CCC(C)(O)CNC(=O)c1cc(N)ccc1N(C)C. The van der Waals surface area contributed by atoms with Crippen LogP contribution >= 0.6 is 0 Å². The first-order valence-corrected chi connectivity index (χ1v) is 6.34. The van der Waals surface area contributed by atoms with Crippen molar-refractivity contribution >= 4 is 17.3 Å². The lowest BCUT2D eigenvalue weighted by molar-refractivity contribution is 0.0518. The normalized spacial score (nSPS) is 13.7. The van der Waals surface area contributed by atoms with Crippen LogP contribution in [0.3, 0.4) is 0 Å². The van der Waals surface area contributed by atoms with E-state index in [1.54, 1.807) is 19.1 Å². The number of nitrogens with zero attached hydrogens (tertiary/aromatic N) is 1. The summed E-state index contributed by atoms with van der Waals surface area (Å²) in [5, 5.41) is 12.6. The molecule has 0 saturated heterocycles. The Bertz CT molecular complexity index is 456. The molecule has 0 aliphatic carbocycles. The van der Waals surface area contributed by atoms with E-state index < -0.39 is 5.60 Å². The van der Waals surface area contributed by atoms with E-state index in [0.717, 1.165) is 5.69 Å². The molecule has 1 rings (SSSR count). The standard InChI is InChI=1S/C14H23N3O2/c1-5-14(2,19)9-16-13(18)11-8-10(15)6-7-12(11)17(3)4/h6-8,19H,5,9,15H2,1-4H3,(H,16,18). The summed E-state index contributed by atoms with van der Waals surface area (Å²) in [6.45, 7) is 3.78. The molecule has 0 spiro atoms. The van der Waals surface area contributed by atoms with Crippen molar-refractivity contribution in [1.82, 2.24) is 5.32 Å². The van der Waals surface area contributed by atoms with E-state index in [4.69, 9.17) is 5.73 Å². The minimum Gasteiger partial charge on any atom is -0.399 e. The summed E-state index contributed by atoms with van der Waals surface area (Å²) in [5.74, 6) is -0.232. The molecule has 0 bridgehead atoms. The highest BCUT2D eigenvalue weighted by molar-refractivity contribution is 6.00. The van der Waals surface area contributed by atoms with Gasteiger partial charge in [0.25, 0.3) is 5.91 Å². The van der Waals surface area contributed by atoms with Gasteiger partial charge in [0.15, 0.2) is 0 Å². The highest BCUT2D eigenvalue weighted by Crippen LogP contribution is 2.21. The van der Waals surface area contributed by atoms with Crippen LogP contribution in [0.1, 0.15) is 30.6 Å². The minimum absolute atomic E-state index is 0.212. The number of nitrogens with two attached hydrogens (primary N) is 1. The Morgan fingerprint density at radius 2 is 2.11 bits per heavy atom. The number of rotatable bonds is 5. The molecule has 1 aromatic carbocycles. The van der Waals surface area contributed by atoms with Gasteiger partial charge in [-0.2, -0.15) is 0 Å². The van der Waals surface area contributed by atoms with Crippen molar-refractivity contribution in [2.45, 2.75) is 25.9 Å². The molecule has 4 N–H and O–H groups in total. The van der Waals surface area contributed by atoms with Crippen LogP contribution in [0.25, 0.3) is 0 Å².